The van der Waals surface area contributed by atoms with Crippen molar-refractivity contribution in [2.75, 3.05) is 24.5 Å². The van der Waals surface area contributed by atoms with E-state index in [9.17, 15) is 19.7 Å². The van der Waals surface area contributed by atoms with Gasteiger partial charge in [0.1, 0.15) is 0 Å². The lowest BCUT2D eigenvalue weighted by Crippen LogP contribution is -2.48. The summed E-state index contributed by atoms with van der Waals surface area (Å²) in [6.07, 6.45) is 5.23. The van der Waals surface area contributed by atoms with Gasteiger partial charge in [0, 0.05) is 37.7 Å². The zero-order valence-corrected chi connectivity index (χ0v) is 14.7. The number of benzene rings is 1. The zero-order chi connectivity index (χ0) is 18.3. The van der Waals surface area contributed by atoms with Crippen LogP contribution in [-0.2, 0) is 16.0 Å². The van der Waals surface area contributed by atoms with E-state index in [-0.39, 0.29) is 29.3 Å². The van der Waals surface area contributed by atoms with Crippen LogP contribution >= 0.6 is 0 Å². The largest absolute Gasteiger partial charge is 0.342 e. The van der Waals surface area contributed by atoms with E-state index in [1.807, 2.05) is 4.90 Å². The number of carbonyl (C=O) groups is 2. The number of hydrogen-bond donors (Lipinski definition) is 0. The number of likely N-dealkylation sites (tertiary alicyclic amines) is 1. The van der Waals surface area contributed by atoms with Gasteiger partial charge in [-0.25, -0.2) is 0 Å². The van der Waals surface area contributed by atoms with Gasteiger partial charge in [0.2, 0.25) is 11.8 Å². The molecule has 0 aromatic heterocycles. The highest BCUT2D eigenvalue weighted by molar-refractivity contribution is 5.97. The maximum absolute atomic E-state index is 13.2. The normalized spacial score (nSPS) is 22.7. The van der Waals surface area contributed by atoms with Crippen molar-refractivity contribution < 1.29 is 14.5 Å². The molecule has 2 fully saturated rings. The summed E-state index contributed by atoms with van der Waals surface area (Å²) in [7, 11) is 0. The fraction of sp³-hybridized carbons (Fsp3) is 0.579. The Morgan fingerprint density at radius 3 is 2.58 bits per heavy atom. The van der Waals surface area contributed by atoms with Crippen molar-refractivity contribution in [1.82, 2.24) is 4.90 Å². The monoisotopic (exact) mass is 357 g/mol. The minimum Gasteiger partial charge on any atom is -0.342 e. The highest BCUT2D eigenvalue weighted by atomic mass is 16.6. The summed E-state index contributed by atoms with van der Waals surface area (Å²) in [4.78, 5) is 39.8. The summed E-state index contributed by atoms with van der Waals surface area (Å²) >= 11 is 0. The maximum atomic E-state index is 13.2. The fourth-order valence-corrected chi connectivity index (χ4v) is 4.09. The van der Waals surface area contributed by atoms with Crippen molar-refractivity contribution >= 4 is 23.2 Å². The molecule has 2 aliphatic heterocycles. The number of nitro groups is 1. The van der Waals surface area contributed by atoms with E-state index in [1.165, 1.54) is 12.1 Å². The van der Waals surface area contributed by atoms with Gasteiger partial charge in [0.25, 0.3) is 5.69 Å². The van der Waals surface area contributed by atoms with Gasteiger partial charge >= 0.3 is 0 Å². The Labute approximate surface area is 152 Å². The zero-order valence-electron chi connectivity index (χ0n) is 14.7. The molecule has 1 saturated carbocycles. The molecular formula is C19H23N3O4. The van der Waals surface area contributed by atoms with E-state index in [0.29, 0.717) is 18.8 Å². The number of hydrogen-bond acceptors (Lipinski definition) is 4. The summed E-state index contributed by atoms with van der Waals surface area (Å²) < 4.78 is 0. The second kappa shape index (κ2) is 6.70. The molecule has 138 valence electrons. The number of carbonyl (C=O) groups excluding carboxylic acids is 2. The number of non-ortho nitro benzene ring substituents is 1. The summed E-state index contributed by atoms with van der Waals surface area (Å²) in [5, 5.41) is 11.1. The van der Waals surface area contributed by atoms with Gasteiger partial charge in [0.15, 0.2) is 0 Å². The van der Waals surface area contributed by atoms with E-state index >= 15 is 0 Å². The van der Waals surface area contributed by atoms with E-state index in [0.717, 1.165) is 50.6 Å². The Kier molecular flexibility index (Phi) is 4.38. The highest BCUT2D eigenvalue weighted by Crippen LogP contribution is 2.35. The van der Waals surface area contributed by atoms with Crippen molar-refractivity contribution in [3.8, 4) is 0 Å². The SMILES string of the molecule is O=C(C1CC1)N1CCCC(C(=O)N2CCCc3ccc([N+](=O)[O-])cc32)C1. The smallest absolute Gasteiger partial charge is 0.271 e. The van der Waals surface area contributed by atoms with E-state index < -0.39 is 4.92 Å². The molecule has 2 amide bonds. The standard InChI is InChI=1S/C19H23N3O4/c23-18(14-5-6-14)20-9-1-4-15(12-20)19(24)21-10-2-3-13-7-8-16(22(25)26)11-17(13)21/h7-8,11,14-15H,1-6,9-10,12H2. The van der Waals surface area contributed by atoms with Crippen LogP contribution in [-0.4, -0.2) is 41.3 Å². The number of nitrogens with zero attached hydrogens (tertiary/aromatic N) is 3. The van der Waals surface area contributed by atoms with Gasteiger partial charge in [-0.05, 0) is 44.1 Å². The molecule has 3 aliphatic rings. The molecule has 7 heteroatoms. The number of aryl methyl sites for hydroxylation is 1. The Morgan fingerprint density at radius 1 is 1.04 bits per heavy atom. The van der Waals surface area contributed by atoms with Gasteiger partial charge in [-0.15, -0.1) is 0 Å². The maximum Gasteiger partial charge on any atom is 0.271 e. The highest BCUT2D eigenvalue weighted by Gasteiger charge is 2.38. The molecule has 0 bridgehead atoms. The number of piperidine rings is 1. The van der Waals surface area contributed by atoms with Crippen LogP contribution < -0.4 is 4.90 Å². The van der Waals surface area contributed by atoms with E-state index in [2.05, 4.69) is 0 Å². The first-order valence-electron chi connectivity index (χ1n) is 9.42. The van der Waals surface area contributed by atoms with Crippen LogP contribution in [0.2, 0.25) is 0 Å². The molecule has 0 N–H and O–H groups in total. The topological polar surface area (TPSA) is 83.8 Å². The lowest BCUT2D eigenvalue weighted by Gasteiger charge is -2.37. The van der Waals surface area contributed by atoms with Crippen LogP contribution in [0.25, 0.3) is 0 Å². The van der Waals surface area contributed by atoms with Gasteiger partial charge in [-0.1, -0.05) is 6.07 Å². The average Bonchev–Trinajstić information content (AvgIpc) is 3.51. The molecular weight excluding hydrogens is 334 g/mol. The molecule has 1 atom stereocenters. The van der Waals surface area contributed by atoms with Crippen molar-refractivity contribution in [2.24, 2.45) is 11.8 Å². The predicted molar refractivity (Wildman–Crippen MR) is 95.8 cm³/mol. The van der Waals surface area contributed by atoms with Crippen LogP contribution in [0.4, 0.5) is 11.4 Å². The van der Waals surface area contributed by atoms with Crippen molar-refractivity contribution in [1.29, 1.82) is 0 Å². The van der Waals surface area contributed by atoms with Crippen LogP contribution in [0.15, 0.2) is 18.2 Å². The molecule has 1 saturated heterocycles. The average molecular weight is 357 g/mol. The first-order valence-corrected chi connectivity index (χ1v) is 9.42. The van der Waals surface area contributed by atoms with Crippen LogP contribution in [0.1, 0.15) is 37.7 Å². The van der Waals surface area contributed by atoms with Gasteiger partial charge in [-0.3, -0.25) is 19.7 Å². The van der Waals surface area contributed by atoms with Crippen LogP contribution in [0, 0.1) is 22.0 Å². The number of anilines is 1. The summed E-state index contributed by atoms with van der Waals surface area (Å²) in [5.41, 5.74) is 1.66. The van der Waals surface area contributed by atoms with Gasteiger partial charge in [-0.2, -0.15) is 0 Å². The molecule has 1 aromatic rings. The van der Waals surface area contributed by atoms with Crippen molar-refractivity contribution in [3.05, 3.63) is 33.9 Å². The molecule has 1 aromatic carbocycles. The predicted octanol–water partition coefficient (Wildman–Crippen LogP) is 2.52. The fourth-order valence-electron chi connectivity index (χ4n) is 4.09. The molecule has 0 radical (unpaired) electrons. The third-order valence-electron chi connectivity index (χ3n) is 5.67. The lowest BCUT2D eigenvalue weighted by molar-refractivity contribution is -0.384. The number of amides is 2. The third kappa shape index (κ3) is 3.18. The van der Waals surface area contributed by atoms with Crippen LogP contribution in [0.3, 0.4) is 0 Å². The molecule has 0 spiro atoms. The summed E-state index contributed by atoms with van der Waals surface area (Å²) in [6.45, 7) is 1.80. The molecule has 4 rings (SSSR count). The minimum absolute atomic E-state index is 0.000236. The third-order valence-corrected chi connectivity index (χ3v) is 5.67. The van der Waals surface area contributed by atoms with Crippen molar-refractivity contribution in [2.45, 2.75) is 38.5 Å². The first kappa shape index (κ1) is 17.0. The molecule has 2 heterocycles. The van der Waals surface area contributed by atoms with Crippen LogP contribution in [0.5, 0.6) is 0 Å². The second-order valence-corrected chi connectivity index (χ2v) is 7.56. The Bertz CT molecular complexity index is 759. The Morgan fingerprint density at radius 2 is 1.85 bits per heavy atom. The molecule has 7 nitrogen and oxygen atoms in total. The second-order valence-electron chi connectivity index (χ2n) is 7.56. The number of nitro benzene ring substituents is 1. The first-order chi connectivity index (χ1) is 12.5. The van der Waals surface area contributed by atoms with Gasteiger partial charge < -0.3 is 9.80 Å². The summed E-state index contributed by atoms with van der Waals surface area (Å²) in [6, 6.07) is 4.78. The molecule has 1 aliphatic carbocycles. The van der Waals surface area contributed by atoms with E-state index in [4.69, 9.17) is 0 Å². The quantitative estimate of drug-likeness (QED) is 0.615. The number of rotatable bonds is 3. The minimum atomic E-state index is -0.422. The molecule has 26 heavy (non-hydrogen) atoms. The number of fused-ring (bicyclic) bond motifs is 1. The molecule has 1 unspecified atom stereocenters. The van der Waals surface area contributed by atoms with Gasteiger partial charge in [0.05, 0.1) is 16.5 Å². The lowest BCUT2D eigenvalue weighted by atomic mass is 9.93. The van der Waals surface area contributed by atoms with E-state index in [1.54, 1.807) is 11.0 Å². The summed E-state index contributed by atoms with van der Waals surface area (Å²) in [5.74, 6) is 0.149. The Balaban J connectivity index is 1.54. The Hall–Kier alpha value is -2.44. The van der Waals surface area contributed by atoms with Crippen molar-refractivity contribution in [3.63, 3.8) is 0 Å².